The van der Waals surface area contributed by atoms with Crippen molar-refractivity contribution in [1.82, 2.24) is 50.7 Å². The Bertz CT molecular complexity index is 2960. The molecule has 0 saturated carbocycles. The van der Waals surface area contributed by atoms with Crippen LogP contribution in [0.4, 0.5) is 0 Å². The Labute approximate surface area is 555 Å². The zero-order chi connectivity index (χ0) is 70.7. The average Bonchev–Trinajstić information content (AvgIpc) is 0.817. The molecule has 0 aromatic heterocycles. The zero-order valence-electron chi connectivity index (χ0n) is 58.8. The normalized spacial score (nSPS) is 24.8. The van der Waals surface area contributed by atoms with Gasteiger partial charge in [-0.05, 0) is 85.0 Å². The number of piperidine rings is 1. The number of fused-ring (bicyclic) bond motifs is 1. The van der Waals surface area contributed by atoms with Crippen LogP contribution < -0.4 is 26.0 Å². The fourth-order valence-corrected chi connectivity index (χ4v) is 12.2. The van der Waals surface area contributed by atoms with Gasteiger partial charge in [0.2, 0.25) is 53.2 Å². The number of ether oxygens (including phenoxy) is 3. The lowest BCUT2D eigenvalue weighted by Gasteiger charge is -2.41. The quantitative estimate of drug-likeness (QED) is 0.162. The molecule has 0 unspecified atom stereocenters. The van der Waals surface area contributed by atoms with Crippen LogP contribution in [0.25, 0.3) is 0 Å². The number of cyclic esters (lactones) is 1. The number of methoxy groups -OCH3 is 1. The molecule has 2 aromatic rings. The van der Waals surface area contributed by atoms with E-state index >= 15 is 14.4 Å². The van der Waals surface area contributed by atoms with Crippen LogP contribution in [0.1, 0.15) is 140 Å². The highest BCUT2D eigenvalue weighted by molar-refractivity contribution is 6.00. The number of amides is 10. The van der Waals surface area contributed by atoms with Crippen LogP contribution in [0.15, 0.2) is 54.6 Å². The minimum atomic E-state index is -1.71. The van der Waals surface area contributed by atoms with Crippen molar-refractivity contribution in [2.45, 2.75) is 202 Å². The number of hydrogen-bond acceptors (Lipinski definition) is 15. The number of rotatable bonds is 17. The van der Waals surface area contributed by atoms with Gasteiger partial charge in [-0.3, -0.25) is 47.9 Å². The molecule has 2 aromatic carbocycles. The molecule has 2 saturated heterocycles. The molecule has 94 heavy (non-hydrogen) atoms. The van der Waals surface area contributed by atoms with Crippen molar-refractivity contribution in [3.63, 3.8) is 0 Å². The summed E-state index contributed by atoms with van der Waals surface area (Å²) in [6, 6.07) is 3.70. The highest BCUT2D eigenvalue weighted by Crippen LogP contribution is 2.27. The summed E-state index contributed by atoms with van der Waals surface area (Å²) in [6.45, 7) is 21.3. The molecule has 2 aliphatic heterocycles. The minimum absolute atomic E-state index is 0.0908. The zero-order valence-corrected chi connectivity index (χ0v) is 58.8. The fraction of sp³-hybridized carbons (Fsp3) is 0.652. The summed E-state index contributed by atoms with van der Waals surface area (Å²) >= 11 is 0. The minimum Gasteiger partial charge on any atom is -0.497 e. The number of esters is 2. The maximum Gasteiger partial charge on any atom is 0.329 e. The Balaban J connectivity index is 1.91. The molecule has 0 bridgehead atoms. The summed E-state index contributed by atoms with van der Waals surface area (Å²) in [7, 11) is 8.35. The largest absolute Gasteiger partial charge is 0.497 e. The van der Waals surface area contributed by atoms with Crippen molar-refractivity contribution in [3.05, 3.63) is 65.7 Å². The third-order valence-electron chi connectivity index (χ3n) is 18.3. The second-order valence-electron chi connectivity index (χ2n) is 26.6. The van der Waals surface area contributed by atoms with Crippen molar-refractivity contribution < 1.29 is 71.7 Å². The first kappa shape index (κ1) is 78.3. The summed E-state index contributed by atoms with van der Waals surface area (Å²) in [6.07, 6.45) is -0.478. The number of hydrogen-bond donors (Lipinski definition) is 4. The van der Waals surface area contributed by atoms with Crippen LogP contribution in [0.2, 0.25) is 0 Å². The smallest absolute Gasteiger partial charge is 0.329 e. The number of carbonyl (C=O) groups is 12. The molecular formula is C69H106N10O15. The molecule has 2 heterocycles. The van der Waals surface area contributed by atoms with Gasteiger partial charge in [-0.1, -0.05) is 138 Å². The summed E-state index contributed by atoms with van der Waals surface area (Å²) in [5, 5.41) is 11.0. The van der Waals surface area contributed by atoms with Crippen LogP contribution in [-0.2, 0) is 80.0 Å². The lowest BCUT2D eigenvalue weighted by Crippen LogP contribution is -2.63. The van der Waals surface area contributed by atoms with Gasteiger partial charge in [0.25, 0.3) is 5.91 Å². The number of nitrogens with zero attached hydrogens (tertiary/aromatic N) is 6. The van der Waals surface area contributed by atoms with Crippen LogP contribution in [-0.4, -0.2) is 216 Å². The van der Waals surface area contributed by atoms with Crippen molar-refractivity contribution >= 4 is 71.0 Å². The molecule has 2 fully saturated rings. The maximum atomic E-state index is 15.6. The first-order valence-electron chi connectivity index (χ1n) is 33.0. The van der Waals surface area contributed by atoms with E-state index in [1.165, 1.54) is 64.0 Å². The molecule has 0 radical (unpaired) electrons. The summed E-state index contributed by atoms with van der Waals surface area (Å²) in [5.74, 6) is -12.3. The lowest BCUT2D eigenvalue weighted by atomic mass is 9.92. The predicted octanol–water partition coefficient (Wildman–Crippen LogP) is 4.12. The van der Waals surface area contributed by atoms with E-state index in [2.05, 4.69) is 21.3 Å². The second-order valence-corrected chi connectivity index (χ2v) is 26.6. The number of nitrogens with one attached hydrogen (secondary N) is 4. The van der Waals surface area contributed by atoms with Crippen LogP contribution in [0, 0.1) is 35.5 Å². The van der Waals surface area contributed by atoms with Gasteiger partial charge in [0.15, 0.2) is 6.10 Å². The third-order valence-corrected chi connectivity index (χ3v) is 18.3. The van der Waals surface area contributed by atoms with Crippen LogP contribution in [0.5, 0.6) is 5.75 Å². The molecule has 25 heteroatoms. The molecule has 10 amide bonds. The van der Waals surface area contributed by atoms with Crippen molar-refractivity contribution in [1.29, 1.82) is 0 Å². The first-order chi connectivity index (χ1) is 44.1. The van der Waals surface area contributed by atoms with Crippen molar-refractivity contribution in [2.24, 2.45) is 35.5 Å². The second kappa shape index (κ2) is 36.0. The lowest BCUT2D eigenvalue weighted by molar-refractivity contribution is -0.165. The first-order valence-corrected chi connectivity index (χ1v) is 33.0. The van der Waals surface area contributed by atoms with E-state index in [9.17, 15) is 43.2 Å². The third kappa shape index (κ3) is 20.2. The van der Waals surface area contributed by atoms with E-state index < -0.39 is 180 Å². The Hall–Kier alpha value is -8.12. The molecule has 25 nitrogen and oxygen atoms in total. The van der Waals surface area contributed by atoms with E-state index in [0.29, 0.717) is 42.6 Å². The topological polar surface area (TPSA) is 300 Å². The Morgan fingerprint density at radius 2 is 1.16 bits per heavy atom. The number of likely N-dealkylation sites (N-methyl/N-ethyl adjacent to an activating group) is 5. The van der Waals surface area contributed by atoms with Crippen LogP contribution in [0.3, 0.4) is 0 Å². The van der Waals surface area contributed by atoms with Crippen molar-refractivity contribution in [3.8, 4) is 5.75 Å². The van der Waals surface area contributed by atoms with Gasteiger partial charge < -0.3 is 64.9 Å². The predicted molar refractivity (Wildman–Crippen MR) is 352 cm³/mol. The highest BCUT2D eigenvalue weighted by atomic mass is 16.6. The molecule has 522 valence electrons. The van der Waals surface area contributed by atoms with Gasteiger partial charge in [0, 0.05) is 48.2 Å². The van der Waals surface area contributed by atoms with E-state index in [-0.39, 0.29) is 26.0 Å². The standard InChI is InChI=1S/C69H106N10O15/c1-20-43(11)58-60(82)70-37-53(81)75(15)56(41(7)8)61(83)71-49(35-46-30-32-48(92-19)33-31-46)68(90)94-45(13)63(85)79-34-26-25-29-50(79)64(86)76(16)57(42(9)10)62(84)73-54(39(3)4)66(88)74(14)51(65(87)78(18)59(44(12)21-2)67(89)77(58)17)36-52(80)72-55(40(5)6)69(91)93-38-47-27-23-22-24-28-47/h22-24,27-28,30-33,39-45,49-51,54-59H,20-21,25-26,29,34-38H2,1-19H3,(H,70,82)(H,71,83)(H,72,80)(H,73,84)/t43-,44-,45+,49-,50-,51-,54+,55-,56-,57-,58-,59-/m0/s1. The monoisotopic (exact) mass is 1310 g/mol. The van der Waals surface area contributed by atoms with E-state index in [1.54, 1.807) is 125 Å². The Morgan fingerprint density at radius 1 is 0.606 bits per heavy atom. The van der Waals surface area contributed by atoms with Gasteiger partial charge in [-0.2, -0.15) is 0 Å². The van der Waals surface area contributed by atoms with Gasteiger partial charge in [0.1, 0.15) is 66.7 Å². The highest BCUT2D eigenvalue weighted by Gasteiger charge is 2.46. The Morgan fingerprint density at radius 3 is 1.71 bits per heavy atom. The van der Waals surface area contributed by atoms with Gasteiger partial charge in [-0.15, -0.1) is 0 Å². The van der Waals surface area contributed by atoms with E-state index in [0.717, 1.165) is 14.7 Å². The maximum absolute atomic E-state index is 15.6. The van der Waals surface area contributed by atoms with Gasteiger partial charge in [0.05, 0.1) is 20.1 Å². The summed E-state index contributed by atoms with van der Waals surface area (Å²) < 4.78 is 16.9. The van der Waals surface area contributed by atoms with Crippen LogP contribution >= 0.6 is 0 Å². The molecule has 4 N–H and O–H groups in total. The molecule has 0 aliphatic carbocycles. The SMILES string of the molecule is CC[C@H](C)[C@H]1C(=O)NCC(=O)N(C)[C@@H](C(C)C)C(=O)N[C@@H](Cc2ccc(OC)cc2)C(=O)O[C@H](C)C(=O)N2CCCC[C@H]2C(=O)N(C)[C@@H](C(C)C)C(=O)N[C@H](C(C)C)C(=O)N(C)[C@@H](CC(=O)N[C@H](C(=O)OCc2ccccc2)C(C)C)C(=O)N(C)[C@@H]([C@@H](C)CC)C(=O)N1C. The van der Waals surface area contributed by atoms with E-state index in [1.807, 2.05) is 13.0 Å². The molecule has 0 spiro atoms. The summed E-state index contributed by atoms with van der Waals surface area (Å²) in [4.78, 5) is 184. The number of benzene rings is 2. The van der Waals surface area contributed by atoms with Gasteiger partial charge in [-0.25, -0.2) is 9.59 Å². The van der Waals surface area contributed by atoms with E-state index in [4.69, 9.17) is 14.2 Å². The molecule has 2 aliphatic rings. The average molecular weight is 1320 g/mol. The molecule has 12 atom stereocenters. The molecular weight excluding hydrogens is 1210 g/mol. The summed E-state index contributed by atoms with van der Waals surface area (Å²) in [5.41, 5.74) is 1.27. The van der Waals surface area contributed by atoms with Crippen molar-refractivity contribution in [2.75, 3.05) is 55.4 Å². The fourth-order valence-electron chi connectivity index (χ4n) is 12.2. The Kier molecular flexibility index (Phi) is 30.0. The number of carbonyl (C=O) groups excluding carboxylic acids is 12. The van der Waals surface area contributed by atoms with Gasteiger partial charge >= 0.3 is 11.9 Å². The molecule has 4 rings (SSSR count).